The van der Waals surface area contributed by atoms with Crippen molar-refractivity contribution in [1.29, 1.82) is 0 Å². The number of aliphatic imine (C=N–C) groups is 1. The Hall–Kier alpha value is -2.10. The lowest BCUT2D eigenvalue weighted by molar-refractivity contribution is 0.104. The predicted octanol–water partition coefficient (Wildman–Crippen LogP) is 3.66. The summed E-state index contributed by atoms with van der Waals surface area (Å²) < 4.78 is 0. The molecule has 0 amide bonds. The van der Waals surface area contributed by atoms with Crippen molar-refractivity contribution in [1.82, 2.24) is 0 Å². The molecule has 0 bridgehead atoms. The first-order valence-electron chi connectivity index (χ1n) is 7.77. The molecule has 4 heteroatoms. The van der Waals surface area contributed by atoms with Crippen molar-refractivity contribution in [2.75, 3.05) is 18.4 Å². The molecule has 0 unspecified atom stereocenters. The molecule has 0 aromatic heterocycles. The molecule has 1 aliphatic carbocycles. The standard InChI is InChI=1S/C18H24N2O2/c1-11(2)9-19-13-5-7-16(22)18-14(20-10-12(3)4)6-8-15(21)17(13)18/h5-8,11-12,19,22H,9-10H2,1-4H3. The lowest BCUT2D eigenvalue weighted by Gasteiger charge is -2.19. The molecule has 0 aliphatic heterocycles. The molecule has 1 aliphatic rings. The van der Waals surface area contributed by atoms with Gasteiger partial charge in [0, 0.05) is 18.8 Å². The van der Waals surface area contributed by atoms with Gasteiger partial charge in [-0.25, -0.2) is 0 Å². The third kappa shape index (κ3) is 3.56. The molecule has 0 spiro atoms. The summed E-state index contributed by atoms with van der Waals surface area (Å²) >= 11 is 0. The lowest BCUT2D eigenvalue weighted by Crippen LogP contribution is -2.18. The molecule has 0 saturated heterocycles. The number of carbonyl (C=O) groups excluding carboxylic acids is 1. The van der Waals surface area contributed by atoms with Crippen LogP contribution in [-0.4, -0.2) is 29.7 Å². The Labute approximate surface area is 132 Å². The minimum absolute atomic E-state index is 0.0966. The Morgan fingerprint density at radius 2 is 1.82 bits per heavy atom. The van der Waals surface area contributed by atoms with Gasteiger partial charge in [-0.3, -0.25) is 9.79 Å². The van der Waals surface area contributed by atoms with E-state index in [1.54, 1.807) is 18.2 Å². The molecule has 0 radical (unpaired) electrons. The van der Waals surface area contributed by atoms with Crippen LogP contribution >= 0.6 is 0 Å². The highest BCUT2D eigenvalue weighted by atomic mass is 16.3. The summed E-state index contributed by atoms with van der Waals surface area (Å²) in [7, 11) is 0. The molecular weight excluding hydrogens is 276 g/mol. The third-order valence-corrected chi connectivity index (χ3v) is 3.41. The zero-order valence-corrected chi connectivity index (χ0v) is 13.7. The van der Waals surface area contributed by atoms with Crippen LogP contribution in [0.2, 0.25) is 0 Å². The molecule has 0 fully saturated rings. The fourth-order valence-corrected chi connectivity index (χ4v) is 2.30. The highest BCUT2D eigenvalue weighted by Gasteiger charge is 2.24. The first kappa shape index (κ1) is 16.3. The number of nitrogens with zero attached hydrogens (tertiary/aromatic N) is 1. The van der Waals surface area contributed by atoms with Crippen LogP contribution in [0, 0.1) is 11.8 Å². The fourth-order valence-electron chi connectivity index (χ4n) is 2.30. The maximum Gasteiger partial charge on any atom is 0.188 e. The Kier molecular flexibility index (Phi) is 5.01. The zero-order valence-electron chi connectivity index (χ0n) is 13.7. The summed E-state index contributed by atoms with van der Waals surface area (Å²) in [4.78, 5) is 16.8. The van der Waals surface area contributed by atoms with E-state index in [1.807, 2.05) is 0 Å². The first-order valence-corrected chi connectivity index (χ1v) is 7.77. The van der Waals surface area contributed by atoms with Crippen LogP contribution in [0.4, 0.5) is 5.69 Å². The number of hydrogen-bond acceptors (Lipinski definition) is 4. The van der Waals surface area contributed by atoms with Crippen molar-refractivity contribution in [2.45, 2.75) is 27.7 Å². The molecule has 0 saturated carbocycles. The van der Waals surface area contributed by atoms with Gasteiger partial charge in [-0.05, 0) is 36.1 Å². The molecular formula is C18H24N2O2. The number of hydrogen-bond donors (Lipinski definition) is 2. The molecule has 0 atom stereocenters. The number of nitrogens with one attached hydrogen (secondary N) is 1. The number of fused-ring (bicyclic) bond motifs is 1. The van der Waals surface area contributed by atoms with Gasteiger partial charge >= 0.3 is 0 Å². The van der Waals surface area contributed by atoms with Gasteiger partial charge in [0.15, 0.2) is 5.78 Å². The Morgan fingerprint density at radius 3 is 2.45 bits per heavy atom. The molecule has 22 heavy (non-hydrogen) atoms. The lowest BCUT2D eigenvalue weighted by atomic mass is 9.91. The highest BCUT2D eigenvalue weighted by Crippen LogP contribution is 2.32. The van der Waals surface area contributed by atoms with E-state index >= 15 is 0 Å². The normalized spacial score (nSPS) is 15.7. The predicted molar refractivity (Wildman–Crippen MR) is 91.1 cm³/mol. The van der Waals surface area contributed by atoms with Gasteiger partial charge in [-0.15, -0.1) is 0 Å². The summed E-state index contributed by atoms with van der Waals surface area (Å²) in [5.41, 5.74) is 2.50. The second-order valence-electron chi connectivity index (χ2n) is 6.47. The van der Waals surface area contributed by atoms with Gasteiger partial charge in [-0.1, -0.05) is 27.7 Å². The number of benzene rings is 1. The fraction of sp³-hybridized carbons (Fsp3) is 0.444. The Bertz CT molecular complexity index is 628. The van der Waals surface area contributed by atoms with Gasteiger partial charge in [0.05, 0.1) is 16.8 Å². The van der Waals surface area contributed by atoms with Crippen molar-refractivity contribution in [3.8, 4) is 5.75 Å². The van der Waals surface area contributed by atoms with Crippen LogP contribution in [0.1, 0.15) is 43.6 Å². The number of aromatic hydroxyl groups is 1. The van der Waals surface area contributed by atoms with Crippen molar-refractivity contribution < 1.29 is 9.90 Å². The average molecular weight is 300 g/mol. The number of allylic oxidation sites excluding steroid dienone is 2. The summed E-state index contributed by atoms with van der Waals surface area (Å²) in [6.45, 7) is 9.82. The SMILES string of the molecule is CC(C)CN=C1C=CC(=O)c2c(NCC(C)C)ccc(O)c21. The maximum absolute atomic E-state index is 12.3. The van der Waals surface area contributed by atoms with Crippen molar-refractivity contribution in [3.63, 3.8) is 0 Å². The Morgan fingerprint density at radius 1 is 1.09 bits per heavy atom. The summed E-state index contributed by atoms with van der Waals surface area (Å²) in [6.07, 6.45) is 3.22. The van der Waals surface area contributed by atoms with Gasteiger partial charge < -0.3 is 10.4 Å². The monoisotopic (exact) mass is 300 g/mol. The summed E-state index contributed by atoms with van der Waals surface area (Å²) in [5, 5.41) is 13.5. The molecule has 2 rings (SSSR count). The van der Waals surface area contributed by atoms with Crippen LogP contribution < -0.4 is 5.32 Å². The van der Waals surface area contributed by atoms with Crippen molar-refractivity contribution in [2.24, 2.45) is 16.8 Å². The topological polar surface area (TPSA) is 61.7 Å². The molecule has 0 heterocycles. The minimum atomic E-state index is -0.0966. The summed E-state index contributed by atoms with van der Waals surface area (Å²) in [5.74, 6) is 0.894. The average Bonchev–Trinajstić information content (AvgIpc) is 2.45. The van der Waals surface area contributed by atoms with Gasteiger partial charge in [0.1, 0.15) is 5.75 Å². The van der Waals surface area contributed by atoms with Crippen LogP contribution in [0.3, 0.4) is 0 Å². The zero-order chi connectivity index (χ0) is 16.3. The van der Waals surface area contributed by atoms with Crippen LogP contribution in [0.5, 0.6) is 5.75 Å². The smallest absolute Gasteiger partial charge is 0.188 e. The van der Waals surface area contributed by atoms with Crippen LogP contribution in [-0.2, 0) is 0 Å². The summed E-state index contributed by atoms with van der Waals surface area (Å²) in [6, 6.07) is 3.38. The van der Waals surface area contributed by atoms with E-state index in [9.17, 15) is 9.90 Å². The third-order valence-electron chi connectivity index (χ3n) is 3.41. The highest BCUT2D eigenvalue weighted by molar-refractivity contribution is 6.27. The number of anilines is 1. The molecule has 1 aromatic carbocycles. The largest absolute Gasteiger partial charge is 0.507 e. The number of carbonyl (C=O) groups is 1. The van der Waals surface area contributed by atoms with Crippen LogP contribution in [0.25, 0.3) is 0 Å². The number of ketones is 1. The van der Waals surface area contributed by atoms with Crippen molar-refractivity contribution >= 4 is 17.2 Å². The first-order chi connectivity index (χ1) is 10.4. The van der Waals surface area contributed by atoms with Crippen molar-refractivity contribution in [3.05, 3.63) is 35.4 Å². The van der Waals surface area contributed by atoms with E-state index in [0.29, 0.717) is 35.2 Å². The quantitative estimate of drug-likeness (QED) is 0.816. The van der Waals surface area contributed by atoms with E-state index in [-0.39, 0.29) is 11.5 Å². The van der Waals surface area contributed by atoms with E-state index in [1.165, 1.54) is 6.08 Å². The molecule has 4 nitrogen and oxygen atoms in total. The number of phenols is 1. The number of phenolic OH excluding ortho intramolecular Hbond substituents is 1. The Balaban J connectivity index is 2.47. The van der Waals surface area contributed by atoms with E-state index in [2.05, 4.69) is 38.0 Å². The second-order valence-corrected chi connectivity index (χ2v) is 6.47. The molecule has 1 aromatic rings. The minimum Gasteiger partial charge on any atom is -0.507 e. The van der Waals surface area contributed by atoms with E-state index < -0.39 is 0 Å². The van der Waals surface area contributed by atoms with Gasteiger partial charge in [0.2, 0.25) is 0 Å². The van der Waals surface area contributed by atoms with Crippen LogP contribution in [0.15, 0.2) is 29.3 Å². The number of rotatable bonds is 5. The second kappa shape index (κ2) is 6.77. The molecule has 2 N–H and O–H groups in total. The maximum atomic E-state index is 12.3. The van der Waals surface area contributed by atoms with Gasteiger partial charge in [0.25, 0.3) is 0 Å². The van der Waals surface area contributed by atoms with E-state index in [4.69, 9.17) is 0 Å². The molecule has 118 valence electrons. The van der Waals surface area contributed by atoms with Gasteiger partial charge in [-0.2, -0.15) is 0 Å². The van der Waals surface area contributed by atoms with E-state index in [0.717, 1.165) is 12.2 Å².